The fourth-order valence-electron chi connectivity index (χ4n) is 4.18. The first-order valence-electron chi connectivity index (χ1n) is 13.8. The molecule has 0 fully saturated rings. The predicted molar refractivity (Wildman–Crippen MR) is 176 cm³/mol. The van der Waals surface area contributed by atoms with Gasteiger partial charge >= 0.3 is 6.01 Å². The SMILES string of the molecule is COc1cc(/C=C/c2cc(/C=C/c3cc(OC)c(OC)c(OC)c3)nc(OCCCCCSC(=N)N)n2)cc(OC)c1OC. The van der Waals surface area contributed by atoms with E-state index in [4.69, 9.17) is 44.3 Å². The van der Waals surface area contributed by atoms with Gasteiger partial charge in [0.05, 0.1) is 60.7 Å². The van der Waals surface area contributed by atoms with E-state index in [0.717, 1.165) is 36.1 Å². The number of nitrogens with two attached hydrogens (primary N) is 1. The summed E-state index contributed by atoms with van der Waals surface area (Å²) < 4.78 is 38.8. The van der Waals surface area contributed by atoms with Gasteiger partial charge in [-0.15, -0.1) is 0 Å². The van der Waals surface area contributed by atoms with Gasteiger partial charge in [-0.05, 0) is 72.9 Å². The number of nitrogens with zero attached hydrogens (tertiary/aromatic N) is 2. The molecule has 3 aromatic rings. The highest BCUT2D eigenvalue weighted by Crippen LogP contribution is 2.39. The monoisotopic (exact) mass is 624 g/mol. The Bertz CT molecular complexity index is 1320. The van der Waals surface area contributed by atoms with Gasteiger partial charge in [-0.1, -0.05) is 23.9 Å². The van der Waals surface area contributed by atoms with E-state index in [2.05, 4.69) is 9.97 Å². The van der Waals surface area contributed by atoms with Gasteiger partial charge in [-0.2, -0.15) is 9.97 Å². The van der Waals surface area contributed by atoms with Crippen LogP contribution in [0.1, 0.15) is 41.8 Å². The average Bonchev–Trinajstić information content (AvgIpc) is 3.04. The number of amidine groups is 1. The zero-order chi connectivity index (χ0) is 31.9. The van der Waals surface area contributed by atoms with Crippen LogP contribution >= 0.6 is 11.8 Å². The van der Waals surface area contributed by atoms with E-state index in [1.165, 1.54) is 11.8 Å². The summed E-state index contributed by atoms with van der Waals surface area (Å²) in [6.45, 7) is 0.459. The molecule has 0 unspecified atom stereocenters. The molecule has 3 N–H and O–H groups in total. The van der Waals surface area contributed by atoms with Crippen LogP contribution in [0.25, 0.3) is 24.3 Å². The van der Waals surface area contributed by atoms with E-state index in [9.17, 15) is 0 Å². The third kappa shape index (κ3) is 9.73. The number of aromatic nitrogens is 2. The van der Waals surface area contributed by atoms with Gasteiger partial charge in [0.15, 0.2) is 28.2 Å². The van der Waals surface area contributed by atoms with Crippen molar-refractivity contribution in [1.29, 1.82) is 5.41 Å². The van der Waals surface area contributed by atoms with Gasteiger partial charge in [0.2, 0.25) is 11.5 Å². The highest BCUT2D eigenvalue weighted by atomic mass is 32.2. The van der Waals surface area contributed by atoms with E-state index < -0.39 is 0 Å². The number of nitrogens with one attached hydrogen (secondary N) is 1. The van der Waals surface area contributed by atoms with Crippen molar-refractivity contribution < 1.29 is 33.2 Å². The lowest BCUT2D eigenvalue weighted by atomic mass is 10.1. The first-order valence-corrected chi connectivity index (χ1v) is 14.8. The van der Waals surface area contributed by atoms with Crippen LogP contribution < -0.4 is 38.9 Å². The number of methoxy groups -OCH3 is 6. The van der Waals surface area contributed by atoms with Crippen molar-refractivity contribution in [2.75, 3.05) is 55.0 Å². The molecule has 44 heavy (non-hydrogen) atoms. The van der Waals surface area contributed by atoms with Crippen LogP contribution in [0.5, 0.6) is 40.5 Å². The molecule has 1 aromatic heterocycles. The molecule has 12 heteroatoms. The number of hydrogen-bond acceptors (Lipinski definition) is 11. The van der Waals surface area contributed by atoms with Gasteiger partial charge < -0.3 is 38.9 Å². The second-order valence-electron chi connectivity index (χ2n) is 9.21. The van der Waals surface area contributed by atoms with Gasteiger partial charge in [0.25, 0.3) is 0 Å². The summed E-state index contributed by atoms with van der Waals surface area (Å²) in [6, 6.07) is 9.53. The van der Waals surface area contributed by atoms with Crippen LogP contribution in [0.2, 0.25) is 0 Å². The number of unbranched alkanes of at least 4 members (excludes halogenated alkanes) is 2. The fourth-order valence-corrected chi connectivity index (χ4v) is 4.75. The van der Waals surface area contributed by atoms with Crippen LogP contribution in [0, 0.1) is 5.41 Å². The highest BCUT2D eigenvalue weighted by molar-refractivity contribution is 8.13. The fraction of sp³-hybridized carbons (Fsp3) is 0.344. The predicted octanol–water partition coefficient (Wildman–Crippen LogP) is 6.04. The zero-order valence-electron chi connectivity index (χ0n) is 26.0. The molecule has 3 rings (SSSR count). The van der Waals surface area contributed by atoms with E-state index in [0.29, 0.717) is 52.5 Å². The van der Waals surface area contributed by atoms with Gasteiger partial charge in [-0.25, -0.2) is 0 Å². The molecule has 0 aliphatic heterocycles. The lowest BCUT2D eigenvalue weighted by Crippen LogP contribution is -2.05. The molecular formula is C32H40N4O7S. The molecule has 0 aliphatic rings. The molecule has 1 heterocycles. The molecule has 0 aliphatic carbocycles. The Balaban J connectivity index is 1.89. The molecule has 0 radical (unpaired) electrons. The minimum Gasteiger partial charge on any atom is -0.493 e. The Morgan fingerprint density at radius 1 is 0.659 bits per heavy atom. The largest absolute Gasteiger partial charge is 0.493 e. The summed E-state index contributed by atoms with van der Waals surface area (Å²) in [7, 11) is 9.44. The van der Waals surface area contributed by atoms with Crippen molar-refractivity contribution in [3.63, 3.8) is 0 Å². The lowest BCUT2D eigenvalue weighted by molar-refractivity contribution is 0.282. The minimum absolute atomic E-state index is 0.137. The minimum atomic E-state index is 0.137. The molecular weight excluding hydrogens is 584 g/mol. The van der Waals surface area contributed by atoms with Crippen LogP contribution in [-0.4, -0.2) is 70.2 Å². The quantitative estimate of drug-likeness (QED) is 0.103. The molecule has 0 bridgehead atoms. The third-order valence-corrected chi connectivity index (χ3v) is 7.09. The second-order valence-corrected chi connectivity index (χ2v) is 10.3. The average molecular weight is 625 g/mol. The van der Waals surface area contributed by atoms with Gasteiger partial charge in [0, 0.05) is 5.75 Å². The first-order chi connectivity index (χ1) is 21.3. The van der Waals surface area contributed by atoms with Crippen LogP contribution in [0.15, 0.2) is 30.3 Å². The number of thioether (sulfide) groups is 1. The Morgan fingerprint density at radius 3 is 1.50 bits per heavy atom. The van der Waals surface area contributed by atoms with E-state index in [-0.39, 0.29) is 11.2 Å². The molecule has 11 nitrogen and oxygen atoms in total. The maximum absolute atomic E-state index is 7.31. The summed E-state index contributed by atoms with van der Waals surface area (Å²) in [5, 5.41) is 7.45. The van der Waals surface area contributed by atoms with E-state index in [1.54, 1.807) is 42.7 Å². The summed E-state index contributed by atoms with van der Waals surface area (Å²) in [6.07, 6.45) is 10.2. The van der Waals surface area contributed by atoms with Crippen molar-refractivity contribution in [2.24, 2.45) is 5.73 Å². The normalized spacial score (nSPS) is 11.0. The summed E-state index contributed by atoms with van der Waals surface area (Å²) >= 11 is 1.34. The Morgan fingerprint density at radius 2 is 1.11 bits per heavy atom. The molecule has 0 atom stereocenters. The third-order valence-electron chi connectivity index (χ3n) is 6.29. The molecule has 2 aromatic carbocycles. The standard InChI is InChI=1S/C32H40N4O7S/c1-37-25-16-21(17-26(38-2)29(25)41-5)10-12-23-20-24(36-32(35-23)43-14-8-7-9-15-44-31(33)34)13-11-22-18-27(39-3)30(42-6)28(19-22)40-4/h10-13,16-20H,7-9,14-15H2,1-6H3,(H3,33,34)/b12-10+,13-11+. The zero-order valence-corrected chi connectivity index (χ0v) is 26.8. The Labute approximate surface area is 262 Å². The van der Waals surface area contributed by atoms with Crippen molar-refractivity contribution in [3.05, 3.63) is 52.8 Å². The molecule has 0 spiro atoms. The molecule has 0 amide bonds. The summed E-state index contributed by atoms with van der Waals surface area (Å²) in [5.74, 6) is 4.04. The molecule has 0 saturated carbocycles. The van der Waals surface area contributed by atoms with Gasteiger partial charge in [0.1, 0.15) is 0 Å². The van der Waals surface area contributed by atoms with Crippen LogP contribution in [0.3, 0.4) is 0 Å². The second kappa shape index (κ2) is 17.5. The number of hydrogen-bond donors (Lipinski definition) is 2. The van der Waals surface area contributed by atoms with Crippen LogP contribution in [-0.2, 0) is 0 Å². The van der Waals surface area contributed by atoms with Crippen molar-refractivity contribution in [2.45, 2.75) is 19.3 Å². The van der Waals surface area contributed by atoms with Crippen LogP contribution in [0.4, 0.5) is 0 Å². The van der Waals surface area contributed by atoms with Crippen molar-refractivity contribution in [1.82, 2.24) is 9.97 Å². The summed E-state index contributed by atoms with van der Waals surface area (Å²) in [4.78, 5) is 9.22. The van der Waals surface area contributed by atoms with E-state index >= 15 is 0 Å². The van der Waals surface area contributed by atoms with E-state index in [1.807, 2.05) is 54.6 Å². The smallest absolute Gasteiger partial charge is 0.317 e. The Kier molecular flexibility index (Phi) is 13.5. The maximum atomic E-state index is 7.31. The number of rotatable bonds is 17. The molecule has 236 valence electrons. The topological polar surface area (TPSA) is 140 Å². The Hall–Kier alpha value is -4.58. The summed E-state index contributed by atoms with van der Waals surface area (Å²) in [5.41, 5.74) is 8.36. The first kappa shape index (κ1) is 33.9. The number of ether oxygens (including phenoxy) is 7. The van der Waals surface area contributed by atoms with Crippen molar-refractivity contribution >= 4 is 41.2 Å². The highest BCUT2D eigenvalue weighted by Gasteiger charge is 2.13. The maximum Gasteiger partial charge on any atom is 0.317 e. The van der Waals surface area contributed by atoms with Crippen molar-refractivity contribution in [3.8, 4) is 40.5 Å². The van der Waals surface area contributed by atoms with Gasteiger partial charge in [-0.3, -0.25) is 5.41 Å². The molecule has 0 saturated heterocycles. The number of benzene rings is 2. The lowest BCUT2D eigenvalue weighted by Gasteiger charge is -2.13.